The highest BCUT2D eigenvalue weighted by molar-refractivity contribution is 5.99. The summed E-state index contributed by atoms with van der Waals surface area (Å²) in [5.41, 5.74) is 3.70. The Bertz CT molecular complexity index is 998. The SMILES string of the molecule is COc1ccc2cc(C(=O)NNC(=O)c3ccccn3)c(=O)oc2c1. The van der Waals surface area contributed by atoms with Crippen LogP contribution in [0.3, 0.4) is 0 Å². The minimum atomic E-state index is -0.828. The van der Waals surface area contributed by atoms with Crippen LogP contribution >= 0.6 is 0 Å². The fraction of sp³-hybridized carbons (Fsp3) is 0.0588. The predicted octanol–water partition coefficient (Wildman–Crippen LogP) is 1.27. The summed E-state index contributed by atoms with van der Waals surface area (Å²) < 4.78 is 10.2. The van der Waals surface area contributed by atoms with Gasteiger partial charge in [-0.05, 0) is 30.3 Å². The van der Waals surface area contributed by atoms with Crippen molar-refractivity contribution in [3.63, 3.8) is 0 Å². The van der Waals surface area contributed by atoms with E-state index in [9.17, 15) is 14.4 Å². The topological polar surface area (TPSA) is 111 Å². The molecular formula is C17H13N3O5. The average Bonchev–Trinajstić information content (AvgIpc) is 2.65. The zero-order chi connectivity index (χ0) is 17.8. The normalized spacial score (nSPS) is 10.3. The summed E-state index contributed by atoms with van der Waals surface area (Å²) in [5.74, 6) is -0.880. The molecule has 3 rings (SSSR count). The maximum absolute atomic E-state index is 12.1. The van der Waals surface area contributed by atoms with Crippen LogP contribution in [0.15, 0.2) is 57.9 Å². The van der Waals surface area contributed by atoms with Crippen LogP contribution in [0.2, 0.25) is 0 Å². The molecule has 0 unspecified atom stereocenters. The Morgan fingerprint density at radius 3 is 2.60 bits per heavy atom. The first-order valence-electron chi connectivity index (χ1n) is 7.22. The molecule has 0 aliphatic rings. The highest BCUT2D eigenvalue weighted by Crippen LogP contribution is 2.20. The average molecular weight is 339 g/mol. The third-order valence-corrected chi connectivity index (χ3v) is 3.37. The molecule has 2 heterocycles. The van der Waals surface area contributed by atoms with Gasteiger partial charge in [-0.1, -0.05) is 6.07 Å². The quantitative estimate of drug-likeness (QED) is 0.549. The summed E-state index contributed by atoms with van der Waals surface area (Å²) in [7, 11) is 1.49. The number of fused-ring (bicyclic) bond motifs is 1. The fourth-order valence-electron chi connectivity index (χ4n) is 2.12. The molecule has 0 spiro atoms. The van der Waals surface area contributed by atoms with Crippen LogP contribution in [-0.4, -0.2) is 23.9 Å². The Kier molecular flexibility index (Phi) is 4.42. The molecular weight excluding hydrogens is 326 g/mol. The van der Waals surface area contributed by atoms with Gasteiger partial charge in [0.05, 0.1) is 7.11 Å². The molecule has 1 aromatic carbocycles. The van der Waals surface area contributed by atoms with Crippen LogP contribution in [0.25, 0.3) is 11.0 Å². The molecule has 2 N–H and O–H groups in total. The van der Waals surface area contributed by atoms with Gasteiger partial charge in [0.15, 0.2) is 0 Å². The Balaban J connectivity index is 1.79. The lowest BCUT2D eigenvalue weighted by molar-refractivity contribution is 0.0842. The molecule has 0 atom stereocenters. The number of nitrogens with one attached hydrogen (secondary N) is 2. The Labute approximate surface area is 141 Å². The van der Waals surface area contributed by atoms with E-state index in [1.165, 1.54) is 25.4 Å². The number of carbonyl (C=O) groups excluding carboxylic acids is 2. The number of pyridine rings is 1. The van der Waals surface area contributed by atoms with Crippen LogP contribution < -0.4 is 21.2 Å². The largest absolute Gasteiger partial charge is 0.497 e. The van der Waals surface area contributed by atoms with Crippen molar-refractivity contribution in [3.05, 3.63) is 70.3 Å². The number of methoxy groups -OCH3 is 1. The molecule has 0 saturated heterocycles. The van der Waals surface area contributed by atoms with Crippen LogP contribution in [0.4, 0.5) is 0 Å². The Hall–Kier alpha value is -3.68. The molecule has 0 aliphatic heterocycles. The van der Waals surface area contributed by atoms with Crippen molar-refractivity contribution in [3.8, 4) is 5.75 Å². The number of carbonyl (C=O) groups is 2. The fourth-order valence-corrected chi connectivity index (χ4v) is 2.12. The van der Waals surface area contributed by atoms with Crippen molar-refractivity contribution in [2.75, 3.05) is 7.11 Å². The predicted molar refractivity (Wildman–Crippen MR) is 88.2 cm³/mol. The Morgan fingerprint density at radius 2 is 1.88 bits per heavy atom. The second-order valence-corrected chi connectivity index (χ2v) is 4.97. The number of ether oxygens (including phenoxy) is 1. The van der Waals surface area contributed by atoms with Crippen LogP contribution in [0, 0.1) is 0 Å². The van der Waals surface area contributed by atoms with E-state index < -0.39 is 17.4 Å². The van der Waals surface area contributed by atoms with Crippen molar-refractivity contribution in [2.45, 2.75) is 0 Å². The van der Waals surface area contributed by atoms with E-state index in [0.29, 0.717) is 16.7 Å². The first kappa shape index (κ1) is 16.2. The zero-order valence-corrected chi connectivity index (χ0v) is 13.1. The summed E-state index contributed by atoms with van der Waals surface area (Å²) >= 11 is 0. The highest BCUT2D eigenvalue weighted by atomic mass is 16.5. The molecule has 0 saturated carbocycles. The molecule has 0 fully saturated rings. The molecule has 2 aromatic heterocycles. The molecule has 0 radical (unpaired) electrons. The number of nitrogens with zero attached hydrogens (tertiary/aromatic N) is 1. The van der Waals surface area contributed by atoms with Gasteiger partial charge in [0, 0.05) is 17.6 Å². The number of aromatic nitrogens is 1. The first-order chi connectivity index (χ1) is 12.1. The smallest absolute Gasteiger partial charge is 0.349 e. The molecule has 3 aromatic rings. The maximum atomic E-state index is 12.1. The third kappa shape index (κ3) is 3.47. The summed E-state index contributed by atoms with van der Waals surface area (Å²) in [4.78, 5) is 39.8. The molecule has 126 valence electrons. The number of hydrogen-bond acceptors (Lipinski definition) is 6. The van der Waals surface area contributed by atoms with E-state index in [0.717, 1.165) is 0 Å². The van der Waals surface area contributed by atoms with Crippen molar-refractivity contribution >= 4 is 22.8 Å². The molecule has 0 aliphatic carbocycles. The lowest BCUT2D eigenvalue weighted by Crippen LogP contribution is -2.43. The number of benzene rings is 1. The van der Waals surface area contributed by atoms with E-state index in [1.54, 1.807) is 30.3 Å². The van der Waals surface area contributed by atoms with E-state index in [1.807, 2.05) is 0 Å². The van der Waals surface area contributed by atoms with Crippen molar-refractivity contribution in [2.24, 2.45) is 0 Å². The molecule has 25 heavy (non-hydrogen) atoms. The molecule has 8 nitrogen and oxygen atoms in total. The minimum Gasteiger partial charge on any atom is -0.497 e. The van der Waals surface area contributed by atoms with Gasteiger partial charge >= 0.3 is 5.63 Å². The first-order valence-corrected chi connectivity index (χ1v) is 7.22. The van der Waals surface area contributed by atoms with Crippen LogP contribution in [-0.2, 0) is 0 Å². The highest BCUT2D eigenvalue weighted by Gasteiger charge is 2.15. The lowest BCUT2D eigenvalue weighted by Gasteiger charge is -2.07. The Morgan fingerprint density at radius 1 is 1.08 bits per heavy atom. The van der Waals surface area contributed by atoms with Gasteiger partial charge in [0.25, 0.3) is 11.8 Å². The summed E-state index contributed by atoms with van der Waals surface area (Å²) in [6.45, 7) is 0. The number of amides is 2. The van der Waals surface area contributed by atoms with Crippen LogP contribution in [0.5, 0.6) is 5.75 Å². The van der Waals surface area contributed by atoms with E-state index in [-0.39, 0.29) is 11.3 Å². The maximum Gasteiger partial charge on any atom is 0.349 e. The van der Waals surface area contributed by atoms with Gasteiger partial charge in [-0.3, -0.25) is 25.4 Å². The van der Waals surface area contributed by atoms with Gasteiger partial charge in [0.1, 0.15) is 22.6 Å². The summed E-state index contributed by atoms with van der Waals surface area (Å²) in [6, 6.07) is 11.0. The minimum absolute atomic E-state index is 0.125. The van der Waals surface area contributed by atoms with Gasteiger partial charge in [0.2, 0.25) is 0 Å². The van der Waals surface area contributed by atoms with E-state index in [2.05, 4.69) is 15.8 Å². The second kappa shape index (κ2) is 6.83. The number of hydrazine groups is 1. The van der Waals surface area contributed by atoms with Crippen molar-refractivity contribution in [1.29, 1.82) is 0 Å². The molecule has 0 bridgehead atoms. The standard InChI is InChI=1S/C17H13N3O5/c1-24-11-6-5-10-8-12(17(23)25-14(10)9-11)15(21)19-20-16(22)13-4-2-3-7-18-13/h2-9H,1H3,(H,19,21)(H,20,22). The van der Waals surface area contributed by atoms with E-state index >= 15 is 0 Å². The van der Waals surface area contributed by atoms with Gasteiger partial charge < -0.3 is 9.15 Å². The van der Waals surface area contributed by atoms with Gasteiger partial charge in [-0.25, -0.2) is 4.79 Å². The van der Waals surface area contributed by atoms with Crippen molar-refractivity contribution in [1.82, 2.24) is 15.8 Å². The molecule has 2 amide bonds. The van der Waals surface area contributed by atoms with Crippen molar-refractivity contribution < 1.29 is 18.7 Å². The second-order valence-electron chi connectivity index (χ2n) is 4.97. The summed E-state index contributed by atoms with van der Waals surface area (Å²) in [5, 5.41) is 0.543. The van der Waals surface area contributed by atoms with Gasteiger partial charge in [-0.2, -0.15) is 0 Å². The lowest BCUT2D eigenvalue weighted by atomic mass is 10.1. The molecule has 8 heteroatoms. The monoisotopic (exact) mass is 339 g/mol. The van der Waals surface area contributed by atoms with Gasteiger partial charge in [-0.15, -0.1) is 0 Å². The number of hydrogen-bond donors (Lipinski definition) is 2. The van der Waals surface area contributed by atoms with E-state index in [4.69, 9.17) is 9.15 Å². The zero-order valence-electron chi connectivity index (χ0n) is 13.1. The summed E-state index contributed by atoms with van der Waals surface area (Å²) in [6.07, 6.45) is 1.45. The third-order valence-electron chi connectivity index (χ3n) is 3.37. The number of rotatable bonds is 3. The van der Waals surface area contributed by atoms with Crippen LogP contribution in [0.1, 0.15) is 20.8 Å².